The van der Waals surface area contributed by atoms with Crippen molar-refractivity contribution in [2.75, 3.05) is 6.73 Å². The van der Waals surface area contributed by atoms with Crippen LogP contribution in [0, 0.1) is 0 Å². The summed E-state index contributed by atoms with van der Waals surface area (Å²) >= 11 is 0. The minimum absolute atomic E-state index is 0.548. The van der Waals surface area contributed by atoms with Crippen molar-refractivity contribution in [3.05, 3.63) is 0 Å². The van der Waals surface area contributed by atoms with Gasteiger partial charge >= 0.3 is 12.1 Å². The van der Waals surface area contributed by atoms with Gasteiger partial charge < -0.3 is 21.1 Å². The SMILES string of the molecule is O=C(NCO)NC1NC(=O)NC1=O. The predicted octanol–water partition coefficient (Wildman–Crippen LogP) is -2.60. The minimum atomic E-state index is -1.08. The van der Waals surface area contributed by atoms with E-state index in [9.17, 15) is 14.4 Å². The lowest BCUT2D eigenvalue weighted by molar-refractivity contribution is -0.120. The van der Waals surface area contributed by atoms with E-state index in [1.165, 1.54) is 0 Å². The van der Waals surface area contributed by atoms with Gasteiger partial charge in [0.2, 0.25) is 0 Å². The van der Waals surface area contributed by atoms with Gasteiger partial charge in [0.1, 0.15) is 6.73 Å². The zero-order valence-electron chi connectivity index (χ0n) is 6.46. The maximum absolute atomic E-state index is 10.8. The number of imide groups is 1. The van der Waals surface area contributed by atoms with Crippen LogP contribution in [-0.4, -0.2) is 36.0 Å². The Hall–Kier alpha value is -1.83. The highest BCUT2D eigenvalue weighted by Crippen LogP contribution is 1.87. The molecule has 1 aliphatic rings. The smallest absolute Gasteiger partial charge is 0.323 e. The van der Waals surface area contributed by atoms with Crippen molar-refractivity contribution in [1.29, 1.82) is 0 Å². The Labute approximate surface area is 72.7 Å². The molecule has 5 amide bonds. The Kier molecular flexibility index (Phi) is 2.65. The summed E-state index contributed by atoms with van der Waals surface area (Å²) in [5.74, 6) is -0.641. The lowest BCUT2D eigenvalue weighted by Crippen LogP contribution is -2.50. The summed E-state index contributed by atoms with van der Waals surface area (Å²) in [6.45, 7) is -0.548. The highest BCUT2D eigenvalue weighted by molar-refractivity contribution is 6.05. The van der Waals surface area contributed by atoms with Crippen LogP contribution in [0.2, 0.25) is 0 Å². The van der Waals surface area contributed by atoms with Gasteiger partial charge in [0, 0.05) is 0 Å². The van der Waals surface area contributed by atoms with Crippen molar-refractivity contribution in [2.24, 2.45) is 0 Å². The van der Waals surface area contributed by atoms with Crippen LogP contribution in [0.15, 0.2) is 0 Å². The molecule has 0 aromatic heterocycles. The maximum Gasteiger partial charge on any atom is 0.323 e. The van der Waals surface area contributed by atoms with Gasteiger partial charge in [0.15, 0.2) is 6.17 Å². The van der Waals surface area contributed by atoms with Crippen LogP contribution < -0.4 is 21.3 Å². The van der Waals surface area contributed by atoms with Crippen LogP contribution in [0.4, 0.5) is 9.59 Å². The number of hydrogen-bond acceptors (Lipinski definition) is 4. The molecule has 8 heteroatoms. The first-order chi connectivity index (χ1) is 6.13. The molecule has 0 saturated carbocycles. The normalized spacial score (nSPS) is 20.5. The number of urea groups is 2. The maximum atomic E-state index is 10.8. The molecule has 1 atom stereocenters. The van der Waals surface area contributed by atoms with E-state index in [0.29, 0.717) is 0 Å². The summed E-state index contributed by atoms with van der Waals surface area (Å²) in [4.78, 5) is 32.1. The molecule has 5 N–H and O–H groups in total. The molecule has 0 spiro atoms. The molecule has 1 rings (SSSR count). The second-order valence-electron chi connectivity index (χ2n) is 2.20. The number of aliphatic hydroxyl groups excluding tert-OH is 1. The van der Waals surface area contributed by atoms with Crippen molar-refractivity contribution in [1.82, 2.24) is 21.3 Å². The van der Waals surface area contributed by atoms with Crippen LogP contribution in [0.1, 0.15) is 0 Å². The van der Waals surface area contributed by atoms with Gasteiger partial charge in [0.25, 0.3) is 5.91 Å². The van der Waals surface area contributed by atoms with Gasteiger partial charge in [-0.25, -0.2) is 9.59 Å². The van der Waals surface area contributed by atoms with Crippen LogP contribution in [0.3, 0.4) is 0 Å². The zero-order chi connectivity index (χ0) is 9.84. The van der Waals surface area contributed by atoms with Gasteiger partial charge in [-0.05, 0) is 0 Å². The minimum Gasteiger partial charge on any atom is -0.376 e. The van der Waals surface area contributed by atoms with Gasteiger partial charge in [0.05, 0.1) is 0 Å². The van der Waals surface area contributed by atoms with Crippen LogP contribution in [-0.2, 0) is 4.79 Å². The molecular formula is C5H8N4O4. The van der Waals surface area contributed by atoms with Crippen molar-refractivity contribution in [2.45, 2.75) is 6.17 Å². The lowest BCUT2D eigenvalue weighted by Gasteiger charge is -2.09. The van der Waals surface area contributed by atoms with Gasteiger partial charge in [-0.1, -0.05) is 0 Å². The fourth-order valence-electron chi connectivity index (χ4n) is 0.772. The Bertz CT molecular complexity index is 253. The molecule has 1 unspecified atom stereocenters. The van der Waals surface area contributed by atoms with E-state index < -0.39 is 30.9 Å². The van der Waals surface area contributed by atoms with Crippen molar-refractivity contribution >= 4 is 18.0 Å². The zero-order valence-corrected chi connectivity index (χ0v) is 6.46. The Morgan fingerprint density at radius 3 is 2.69 bits per heavy atom. The van der Waals surface area contributed by atoms with E-state index in [-0.39, 0.29) is 0 Å². The highest BCUT2D eigenvalue weighted by Gasteiger charge is 2.30. The third kappa shape index (κ3) is 2.30. The van der Waals surface area contributed by atoms with Crippen molar-refractivity contribution in [3.8, 4) is 0 Å². The number of nitrogens with one attached hydrogen (secondary N) is 4. The standard InChI is InChI=1S/C5H8N4O4/c10-1-6-4(12)7-2-3(11)9-5(13)8-2/h2,10H,1H2,(H2,6,7,12)(H2,8,9,11,13). The molecule has 0 radical (unpaired) electrons. The van der Waals surface area contributed by atoms with Gasteiger partial charge in [-0.2, -0.15) is 0 Å². The average molecular weight is 188 g/mol. The molecule has 13 heavy (non-hydrogen) atoms. The van der Waals surface area contributed by atoms with Crippen LogP contribution in [0.5, 0.6) is 0 Å². The Balaban J connectivity index is 2.41. The Morgan fingerprint density at radius 2 is 2.23 bits per heavy atom. The highest BCUT2D eigenvalue weighted by atomic mass is 16.3. The molecule has 0 aromatic carbocycles. The molecule has 72 valence electrons. The quantitative estimate of drug-likeness (QED) is 0.241. The summed E-state index contributed by atoms with van der Waals surface area (Å²) in [7, 11) is 0. The van der Waals surface area contributed by atoms with Gasteiger partial charge in [-0.3, -0.25) is 10.1 Å². The summed E-state index contributed by atoms with van der Waals surface area (Å²) in [5, 5.41) is 16.4. The monoisotopic (exact) mass is 188 g/mol. The third-order valence-electron chi connectivity index (χ3n) is 1.29. The molecule has 1 heterocycles. The number of carbonyl (C=O) groups is 3. The number of hydrogen-bond donors (Lipinski definition) is 5. The molecule has 0 bridgehead atoms. The lowest BCUT2D eigenvalue weighted by atomic mass is 10.5. The number of rotatable bonds is 2. The van der Waals surface area contributed by atoms with Gasteiger partial charge in [-0.15, -0.1) is 0 Å². The van der Waals surface area contributed by atoms with Crippen molar-refractivity contribution in [3.63, 3.8) is 0 Å². The Morgan fingerprint density at radius 1 is 1.54 bits per heavy atom. The number of amides is 5. The molecule has 8 nitrogen and oxygen atoms in total. The van der Waals surface area contributed by atoms with Crippen LogP contribution >= 0.6 is 0 Å². The summed E-state index contributed by atoms with van der Waals surface area (Å²) < 4.78 is 0. The molecule has 0 aliphatic carbocycles. The first kappa shape index (κ1) is 9.26. The van der Waals surface area contributed by atoms with E-state index in [2.05, 4.69) is 10.6 Å². The molecule has 0 aromatic rings. The average Bonchev–Trinajstić information content (AvgIpc) is 2.30. The summed E-state index contributed by atoms with van der Waals surface area (Å²) in [6.07, 6.45) is -1.08. The third-order valence-corrected chi connectivity index (χ3v) is 1.29. The fraction of sp³-hybridized carbons (Fsp3) is 0.400. The van der Waals surface area contributed by atoms with E-state index >= 15 is 0 Å². The topological polar surface area (TPSA) is 120 Å². The van der Waals surface area contributed by atoms with Crippen LogP contribution in [0.25, 0.3) is 0 Å². The summed E-state index contributed by atoms with van der Waals surface area (Å²) in [5.41, 5.74) is 0. The first-order valence-corrected chi connectivity index (χ1v) is 3.40. The first-order valence-electron chi connectivity index (χ1n) is 3.40. The van der Waals surface area contributed by atoms with E-state index in [4.69, 9.17) is 5.11 Å². The van der Waals surface area contributed by atoms with E-state index in [1.807, 2.05) is 10.6 Å². The summed E-state index contributed by atoms with van der Waals surface area (Å²) in [6, 6.07) is -1.41. The largest absolute Gasteiger partial charge is 0.376 e. The van der Waals surface area contributed by atoms with Crippen molar-refractivity contribution < 1.29 is 19.5 Å². The predicted molar refractivity (Wildman–Crippen MR) is 39.2 cm³/mol. The second kappa shape index (κ2) is 3.72. The fourth-order valence-corrected chi connectivity index (χ4v) is 0.772. The number of aliphatic hydroxyl groups is 1. The van der Waals surface area contributed by atoms with E-state index in [0.717, 1.165) is 0 Å². The number of carbonyl (C=O) groups excluding carboxylic acids is 3. The molecule has 1 saturated heterocycles. The molecular weight excluding hydrogens is 180 g/mol. The second-order valence-corrected chi connectivity index (χ2v) is 2.20. The molecule has 1 fully saturated rings. The van der Waals surface area contributed by atoms with E-state index in [1.54, 1.807) is 0 Å². The molecule has 1 aliphatic heterocycles.